The number of primary amides is 1. The van der Waals surface area contributed by atoms with Crippen LogP contribution in [0.3, 0.4) is 0 Å². The number of aromatic nitrogens is 3. The summed E-state index contributed by atoms with van der Waals surface area (Å²) in [5.74, 6) is -0.515. The van der Waals surface area contributed by atoms with Crippen molar-refractivity contribution < 1.29 is 14.0 Å². The van der Waals surface area contributed by atoms with Gasteiger partial charge in [0.2, 0.25) is 11.8 Å². The van der Waals surface area contributed by atoms with Crippen LogP contribution in [0, 0.1) is 0 Å². The molecule has 0 aliphatic carbocycles. The molecule has 4 heterocycles. The van der Waals surface area contributed by atoms with Crippen molar-refractivity contribution in [1.82, 2.24) is 14.5 Å². The van der Waals surface area contributed by atoms with Gasteiger partial charge in [-0.05, 0) is 49.2 Å². The van der Waals surface area contributed by atoms with Crippen LogP contribution in [-0.4, -0.2) is 39.4 Å². The first-order valence-electron chi connectivity index (χ1n) is 10.4. The van der Waals surface area contributed by atoms with Gasteiger partial charge >= 0.3 is 5.69 Å². The van der Waals surface area contributed by atoms with Gasteiger partial charge in [0.1, 0.15) is 22.6 Å². The zero-order chi connectivity index (χ0) is 22.9. The fourth-order valence-electron chi connectivity index (χ4n) is 3.76. The van der Waals surface area contributed by atoms with Gasteiger partial charge in [-0.1, -0.05) is 11.3 Å². The summed E-state index contributed by atoms with van der Waals surface area (Å²) in [5.41, 5.74) is 6.38. The minimum atomic E-state index is -0.565. The molecule has 3 N–H and O–H groups in total. The zero-order valence-corrected chi connectivity index (χ0v) is 18.3. The summed E-state index contributed by atoms with van der Waals surface area (Å²) in [6.45, 7) is 1.56. The van der Waals surface area contributed by atoms with Crippen LogP contribution in [0.2, 0.25) is 0 Å². The second kappa shape index (κ2) is 8.51. The van der Waals surface area contributed by atoms with Crippen molar-refractivity contribution in [3.8, 4) is 11.5 Å². The predicted molar refractivity (Wildman–Crippen MR) is 124 cm³/mol. The summed E-state index contributed by atoms with van der Waals surface area (Å²) in [7, 11) is 0. The maximum atomic E-state index is 12.9. The lowest BCUT2D eigenvalue weighted by Gasteiger charge is -2.11. The number of nitrogens with zero attached hydrogens (tertiary/aromatic N) is 4. The van der Waals surface area contributed by atoms with E-state index in [-0.39, 0.29) is 6.54 Å². The van der Waals surface area contributed by atoms with Crippen molar-refractivity contribution in [3.63, 3.8) is 0 Å². The second-order valence-corrected chi connectivity index (χ2v) is 8.60. The summed E-state index contributed by atoms with van der Waals surface area (Å²) < 4.78 is 6.80. The maximum Gasteiger partial charge on any atom is 0.349 e. The summed E-state index contributed by atoms with van der Waals surface area (Å²) in [6.07, 6.45) is 3.69. The molecule has 1 aliphatic rings. The Kier molecular flexibility index (Phi) is 5.38. The van der Waals surface area contributed by atoms with Crippen LogP contribution in [0.5, 0.6) is 0 Å². The molecule has 0 saturated carbocycles. The molecule has 10 nitrogen and oxygen atoms in total. The van der Waals surface area contributed by atoms with Crippen LogP contribution in [-0.2, 0) is 11.3 Å². The molecule has 1 aliphatic heterocycles. The first kappa shape index (κ1) is 20.9. The number of hydrogen-bond donors (Lipinski definition) is 2. The van der Waals surface area contributed by atoms with Crippen LogP contribution < -0.4 is 21.6 Å². The summed E-state index contributed by atoms with van der Waals surface area (Å²) >= 11 is 1.36. The van der Waals surface area contributed by atoms with Crippen molar-refractivity contribution >= 4 is 44.3 Å². The van der Waals surface area contributed by atoms with Crippen LogP contribution in [0.25, 0.3) is 21.8 Å². The minimum absolute atomic E-state index is 0.236. The molecule has 11 heteroatoms. The molecule has 1 fully saturated rings. The van der Waals surface area contributed by atoms with E-state index in [1.54, 1.807) is 24.3 Å². The van der Waals surface area contributed by atoms with Crippen molar-refractivity contribution in [2.24, 2.45) is 5.73 Å². The van der Waals surface area contributed by atoms with E-state index < -0.39 is 17.5 Å². The van der Waals surface area contributed by atoms with Crippen molar-refractivity contribution in [1.29, 1.82) is 0 Å². The lowest BCUT2D eigenvalue weighted by Crippen LogP contribution is -2.29. The van der Waals surface area contributed by atoms with Crippen LogP contribution in [0.15, 0.2) is 51.9 Å². The number of anilines is 2. The molecule has 3 aromatic heterocycles. The topological polar surface area (TPSA) is 136 Å². The lowest BCUT2D eigenvalue weighted by molar-refractivity contribution is -0.116. The Morgan fingerprint density at radius 1 is 1.12 bits per heavy atom. The normalized spacial score (nSPS) is 13.5. The molecule has 4 aromatic rings. The molecule has 168 valence electrons. The summed E-state index contributed by atoms with van der Waals surface area (Å²) in [4.78, 5) is 48.6. The Bertz CT molecular complexity index is 1390. The van der Waals surface area contributed by atoms with Gasteiger partial charge in [0.15, 0.2) is 10.9 Å². The van der Waals surface area contributed by atoms with E-state index in [4.69, 9.17) is 15.1 Å². The Labute approximate surface area is 191 Å². The van der Waals surface area contributed by atoms with Crippen LogP contribution >= 0.6 is 11.3 Å². The SMILES string of the molecule is NC(=O)c1ccc(NC(=O)Cn2c(=O)nc(-c3ccco3)c3nc(N4CCCC4)sc32)cc1. The third-order valence-electron chi connectivity index (χ3n) is 5.39. The zero-order valence-electron chi connectivity index (χ0n) is 17.5. The van der Waals surface area contributed by atoms with Gasteiger partial charge in [-0.2, -0.15) is 4.98 Å². The van der Waals surface area contributed by atoms with E-state index in [9.17, 15) is 14.4 Å². The van der Waals surface area contributed by atoms with Gasteiger partial charge in [-0.15, -0.1) is 0 Å². The van der Waals surface area contributed by atoms with E-state index in [0.717, 1.165) is 31.1 Å². The number of hydrogen-bond acceptors (Lipinski definition) is 8. The molecule has 1 aromatic carbocycles. The van der Waals surface area contributed by atoms with Gasteiger partial charge in [0.05, 0.1) is 6.26 Å². The lowest BCUT2D eigenvalue weighted by atomic mass is 10.2. The van der Waals surface area contributed by atoms with E-state index in [2.05, 4.69) is 15.2 Å². The van der Waals surface area contributed by atoms with Crippen LogP contribution in [0.4, 0.5) is 10.8 Å². The Hall–Kier alpha value is -3.99. The third-order valence-corrected chi connectivity index (χ3v) is 6.53. The van der Waals surface area contributed by atoms with Gasteiger partial charge in [0, 0.05) is 24.3 Å². The number of fused-ring (bicyclic) bond motifs is 1. The van der Waals surface area contributed by atoms with Crippen molar-refractivity contribution in [3.05, 3.63) is 58.7 Å². The van der Waals surface area contributed by atoms with Crippen molar-refractivity contribution in [2.75, 3.05) is 23.3 Å². The second-order valence-electron chi connectivity index (χ2n) is 7.64. The Morgan fingerprint density at radius 2 is 1.88 bits per heavy atom. The number of furan rings is 1. The summed E-state index contributed by atoms with van der Waals surface area (Å²) in [6, 6.07) is 9.64. The van der Waals surface area contributed by atoms with E-state index in [1.165, 1.54) is 34.3 Å². The number of amides is 2. The Balaban J connectivity index is 1.50. The number of nitrogens with two attached hydrogens (primary N) is 1. The smallest absolute Gasteiger partial charge is 0.349 e. The first-order valence-corrected chi connectivity index (χ1v) is 11.2. The monoisotopic (exact) mass is 464 g/mol. The number of benzene rings is 1. The number of carbonyl (C=O) groups excluding carboxylic acids is 2. The highest BCUT2D eigenvalue weighted by atomic mass is 32.1. The van der Waals surface area contributed by atoms with Gasteiger partial charge in [0.25, 0.3) is 0 Å². The number of rotatable bonds is 6. The van der Waals surface area contributed by atoms with Crippen LogP contribution in [0.1, 0.15) is 23.2 Å². The van der Waals surface area contributed by atoms with E-state index >= 15 is 0 Å². The van der Waals surface area contributed by atoms with Gasteiger partial charge in [-0.25, -0.2) is 9.78 Å². The quantitative estimate of drug-likeness (QED) is 0.447. The molecule has 33 heavy (non-hydrogen) atoms. The minimum Gasteiger partial charge on any atom is -0.463 e. The van der Waals surface area contributed by atoms with Crippen molar-refractivity contribution in [2.45, 2.75) is 19.4 Å². The van der Waals surface area contributed by atoms with Gasteiger partial charge in [-0.3, -0.25) is 14.2 Å². The molecule has 2 amide bonds. The molecular weight excluding hydrogens is 444 g/mol. The molecule has 5 rings (SSSR count). The average Bonchev–Trinajstić information content (AvgIpc) is 3.57. The molecule has 0 atom stereocenters. The first-order chi connectivity index (χ1) is 16.0. The number of nitrogens with one attached hydrogen (secondary N) is 1. The highest BCUT2D eigenvalue weighted by molar-refractivity contribution is 7.22. The molecule has 0 spiro atoms. The molecule has 0 bridgehead atoms. The molecule has 0 unspecified atom stereocenters. The third kappa shape index (κ3) is 4.10. The Morgan fingerprint density at radius 3 is 2.55 bits per heavy atom. The molecule has 0 radical (unpaired) electrons. The van der Waals surface area contributed by atoms with E-state index in [0.29, 0.717) is 33.1 Å². The fourth-order valence-corrected chi connectivity index (χ4v) is 4.88. The number of carbonyl (C=O) groups is 2. The standard InChI is InChI=1S/C22H20N6O4S/c23-19(30)13-5-7-14(8-6-13)24-16(29)12-28-20-18(26-22(33-20)27-9-1-2-10-27)17(25-21(28)31)15-4-3-11-32-15/h3-8,11H,1-2,9-10,12H2,(H2,23,30)(H,24,29). The molecular formula is C22H20N6O4S. The fraction of sp³-hybridized carbons (Fsp3) is 0.227. The van der Waals surface area contributed by atoms with E-state index in [1.807, 2.05) is 0 Å². The average molecular weight is 465 g/mol. The largest absolute Gasteiger partial charge is 0.463 e. The predicted octanol–water partition coefficient (Wildman–Crippen LogP) is 2.45. The van der Waals surface area contributed by atoms with Gasteiger partial charge < -0.3 is 20.4 Å². The maximum absolute atomic E-state index is 12.9. The number of thiazole rings is 1. The molecule has 1 saturated heterocycles. The highest BCUT2D eigenvalue weighted by Crippen LogP contribution is 2.34. The highest BCUT2D eigenvalue weighted by Gasteiger charge is 2.23. The summed E-state index contributed by atoms with van der Waals surface area (Å²) in [5, 5.41) is 3.52.